The number of rotatable bonds is 2. The highest BCUT2D eigenvalue weighted by Crippen LogP contribution is 2.56. The number of carbonyl (C=O) groups excluding carboxylic acids is 2. The number of methoxy groups -OCH3 is 1. The molecule has 106 valence electrons. The zero-order valence-electron chi connectivity index (χ0n) is 11.4. The summed E-state index contributed by atoms with van der Waals surface area (Å²) >= 11 is 0. The lowest BCUT2D eigenvalue weighted by Crippen LogP contribution is -2.50. The third kappa shape index (κ3) is 1.64. The van der Waals surface area contributed by atoms with Crippen molar-refractivity contribution in [2.75, 3.05) is 7.11 Å². The van der Waals surface area contributed by atoms with Gasteiger partial charge in [-0.2, -0.15) is 0 Å². The average Bonchev–Trinajstić information content (AvgIpc) is 2.73. The second-order valence-electron chi connectivity index (χ2n) is 5.74. The minimum absolute atomic E-state index is 0.142. The first-order valence-electron chi connectivity index (χ1n) is 6.97. The molecule has 1 aromatic rings. The van der Waals surface area contributed by atoms with Gasteiger partial charge in [-0.25, -0.2) is 0 Å². The van der Waals surface area contributed by atoms with Gasteiger partial charge in [-0.3, -0.25) is 9.59 Å². The molecule has 0 radical (unpaired) electrons. The summed E-state index contributed by atoms with van der Waals surface area (Å²) < 4.78 is 4.93. The first-order valence-corrected chi connectivity index (χ1v) is 6.97. The second kappa shape index (κ2) is 4.70. The highest BCUT2D eigenvalue weighted by atomic mass is 16.5. The van der Waals surface area contributed by atoms with Crippen LogP contribution in [0.4, 0.5) is 0 Å². The Morgan fingerprint density at radius 2 is 2.05 bits per heavy atom. The molecular formula is C16H18O4. The average molecular weight is 274 g/mol. The molecule has 0 aromatic heterocycles. The first kappa shape index (κ1) is 13.3. The van der Waals surface area contributed by atoms with Crippen LogP contribution in [0.25, 0.3) is 0 Å². The van der Waals surface area contributed by atoms with Crippen molar-refractivity contribution in [2.45, 2.75) is 31.3 Å². The number of hydrogen-bond acceptors (Lipinski definition) is 4. The van der Waals surface area contributed by atoms with Crippen molar-refractivity contribution in [3.05, 3.63) is 35.9 Å². The fourth-order valence-electron chi connectivity index (χ4n) is 3.92. The molecule has 4 atom stereocenters. The van der Waals surface area contributed by atoms with Crippen molar-refractivity contribution in [1.82, 2.24) is 0 Å². The van der Waals surface area contributed by atoms with E-state index in [4.69, 9.17) is 4.74 Å². The molecule has 3 rings (SSSR count). The predicted octanol–water partition coefficient (Wildman–Crippen LogP) is 1.67. The molecular weight excluding hydrogens is 256 g/mol. The van der Waals surface area contributed by atoms with E-state index in [1.165, 1.54) is 7.11 Å². The highest BCUT2D eigenvalue weighted by molar-refractivity contribution is 6.08. The number of carbonyl (C=O) groups is 2. The number of hydrogen-bond donors (Lipinski definition) is 1. The first-order chi connectivity index (χ1) is 9.61. The number of aliphatic hydroxyl groups is 1. The quantitative estimate of drug-likeness (QED) is 0.658. The van der Waals surface area contributed by atoms with Crippen LogP contribution in [0.2, 0.25) is 0 Å². The van der Waals surface area contributed by atoms with Crippen molar-refractivity contribution in [3.8, 4) is 0 Å². The lowest BCUT2D eigenvalue weighted by atomic mass is 9.63. The van der Waals surface area contributed by atoms with Crippen molar-refractivity contribution >= 4 is 11.8 Å². The molecule has 0 spiro atoms. The fourth-order valence-corrected chi connectivity index (χ4v) is 3.92. The highest BCUT2D eigenvalue weighted by Gasteiger charge is 2.63. The van der Waals surface area contributed by atoms with Gasteiger partial charge in [0.05, 0.1) is 13.2 Å². The van der Waals surface area contributed by atoms with Gasteiger partial charge < -0.3 is 9.84 Å². The third-order valence-corrected chi connectivity index (χ3v) is 4.91. The molecule has 1 N–H and O–H groups in total. The van der Waals surface area contributed by atoms with E-state index in [1.807, 2.05) is 30.3 Å². The van der Waals surface area contributed by atoms with Gasteiger partial charge in [0.1, 0.15) is 5.41 Å². The van der Waals surface area contributed by atoms with Gasteiger partial charge in [-0.15, -0.1) is 0 Å². The summed E-state index contributed by atoms with van der Waals surface area (Å²) in [5, 5.41) is 10.2. The Morgan fingerprint density at radius 3 is 2.70 bits per heavy atom. The normalized spacial score (nSPS) is 35.9. The summed E-state index contributed by atoms with van der Waals surface area (Å²) in [5.74, 6) is -1.30. The molecule has 2 aliphatic carbocycles. The fraction of sp³-hybridized carbons (Fsp3) is 0.500. The topological polar surface area (TPSA) is 63.6 Å². The van der Waals surface area contributed by atoms with Crippen molar-refractivity contribution < 1.29 is 19.4 Å². The molecule has 4 heteroatoms. The van der Waals surface area contributed by atoms with Crippen LogP contribution < -0.4 is 0 Å². The van der Waals surface area contributed by atoms with Gasteiger partial charge in [0, 0.05) is 11.8 Å². The molecule has 2 fully saturated rings. The largest absolute Gasteiger partial charge is 0.468 e. The number of Topliss-reactive ketones (excluding diaryl/α,β-unsaturated/α-hetero) is 1. The van der Waals surface area contributed by atoms with Crippen LogP contribution in [0.3, 0.4) is 0 Å². The van der Waals surface area contributed by atoms with E-state index in [0.717, 1.165) is 5.56 Å². The van der Waals surface area contributed by atoms with E-state index in [-0.39, 0.29) is 11.7 Å². The Balaban J connectivity index is 2.11. The van der Waals surface area contributed by atoms with Crippen LogP contribution in [-0.2, 0) is 14.3 Å². The van der Waals surface area contributed by atoms with E-state index in [9.17, 15) is 14.7 Å². The van der Waals surface area contributed by atoms with E-state index >= 15 is 0 Å². The van der Waals surface area contributed by atoms with E-state index in [2.05, 4.69) is 0 Å². The lowest BCUT2D eigenvalue weighted by Gasteiger charge is -2.39. The van der Waals surface area contributed by atoms with Gasteiger partial charge in [-0.05, 0) is 24.8 Å². The standard InChI is InChI=1S/C16H18O4/c1-20-15(19)16-8-7-11(14(16)18)13(17)9-12(16)10-5-3-2-4-6-10/h2-6,11-13,17H,7-9H2,1H3/t11-,12-,13-,16-/m0/s1. The Labute approximate surface area is 117 Å². The smallest absolute Gasteiger partial charge is 0.319 e. The summed E-state index contributed by atoms with van der Waals surface area (Å²) in [7, 11) is 1.32. The van der Waals surface area contributed by atoms with Gasteiger partial charge in [0.2, 0.25) is 0 Å². The Kier molecular flexibility index (Phi) is 3.13. The van der Waals surface area contributed by atoms with Gasteiger partial charge in [0.15, 0.2) is 5.78 Å². The Morgan fingerprint density at radius 1 is 1.35 bits per heavy atom. The van der Waals surface area contributed by atoms with Crippen molar-refractivity contribution in [3.63, 3.8) is 0 Å². The summed E-state index contributed by atoms with van der Waals surface area (Å²) in [5.41, 5.74) is -0.175. The summed E-state index contributed by atoms with van der Waals surface area (Å²) in [6.45, 7) is 0. The Bertz CT molecular complexity index is 539. The number of ether oxygens (including phenoxy) is 1. The van der Waals surface area contributed by atoms with E-state index < -0.39 is 23.4 Å². The maximum absolute atomic E-state index is 12.6. The summed E-state index contributed by atoms with van der Waals surface area (Å²) in [4.78, 5) is 25.0. The number of fused-ring (bicyclic) bond motifs is 2. The molecule has 20 heavy (non-hydrogen) atoms. The third-order valence-electron chi connectivity index (χ3n) is 4.91. The maximum Gasteiger partial charge on any atom is 0.319 e. The van der Waals surface area contributed by atoms with Gasteiger partial charge in [-0.1, -0.05) is 30.3 Å². The summed E-state index contributed by atoms with van der Waals surface area (Å²) in [6.07, 6.45) is 0.821. The zero-order chi connectivity index (χ0) is 14.3. The number of ketones is 1. The molecule has 0 heterocycles. The summed E-state index contributed by atoms with van der Waals surface area (Å²) in [6, 6.07) is 9.49. The number of esters is 1. The van der Waals surface area contributed by atoms with Crippen LogP contribution in [0.1, 0.15) is 30.7 Å². The molecule has 1 aromatic carbocycles. The van der Waals surface area contributed by atoms with Crippen LogP contribution in [0.5, 0.6) is 0 Å². The van der Waals surface area contributed by atoms with Gasteiger partial charge >= 0.3 is 5.97 Å². The van der Waals surface area contributed by atoms with Crippen LogP contribution in [0.15, 0.2) is 30.3 Å². The van der Waals surface area contributed by atoms with E-state index in [1.54, 1.807) is 0 Å². The van der Waals surface area contributed by atoms with E-state index in [0.29, 0.717) is 19.3 Å². The number of aliphatic hydroxyl groups excluding tert-OH is 1. The minimum atomic E-state index is -1.10. The van der Waals surface area contributed by atoms with Gasteiger partial charge in [0.25, 0.3) is 0 Å². The molecule has 4 nitrogen and oxygen atoms in total. The molecule has 0 aliphatic heterocycles. The second-order valence-corrected chi connectivity index (χ2v) is 5.74. The lowest BCUT2D eigenvalue weighted by molar-refractivity contribution is -0.162. The minimum Gasteiger partial charge on any atom is -0.468 e. The molecule has 0 unspecified atom stereocenters. The zero-order valence-corrected chi connectivity index (χ0v) is 11.4. The maximum atomic E-state index is 12.6. The molecule has 2 aliphatic rings. The Hall–Kier alpha value is -1.68. The van der Waals surface area contributed by atoms with Crippen LogP contribution in [0, 0.1) is 11.3 Å². The van der Waals surface area contributed by atoms with Crippen LogP contribution in [-0.4, -0.2) is 30.1 Å². The number of benzene rings is 1. The van der Waals surface area contributed by atoms with Crippen LogP contribution >= 0.6 is 0 Å². The molecule has 0 saturated heterocycles. The predicted molar refractivity (Wildman–Crippen MR) is 72.0 cm³/mol. The van der Waals surface area contributed by atoms with Crippen molar-refractivity contribution in [1.29, 1.82) is 0 Å². The molecule has 0 amide bonds. The van der Waals surface area contributed by atoms with Crippen molar-refractivity contribution in [2.24, 2.45) is 11.3 Å². The molecule has 2 saturated carbocycles. The molecule has 2 bridgehead atoms. The SMILES string of the molecule is COC(=O)[C@]12CC[C@H](C1=O)[C@@H](O)C[C@H]2c1ccccc1. The monoisotopic (exact) mass is 274 g/mol.